The molecule has 0 bridgehead atoms. The lowest BCUT2D eigenvalue weighted by Gasteiger charge is -2.11. The summed E-state index contributed by atoms with van der Waals surface area (Å²) in [6.07, 6.45) is 6.74. The molecule has 0 spiro atoms. The van der Waals surface area contributed by atoms with Crippen molar-refractivity contribution in [2.75, 3.05) is 13.6 Å². The molecular weight excluding hydrogens is 234 g/mol. The molecule has 0 saturated carbocycles. The van der Waals surface area contributed by atoms with Crippen LogP contribution >= 0.6 is 0 Å². The van der Waals surface area contributed by atoms with Gasteiger partial charge in [-0.05, 0) is 44.2 Å². The number of rotatable bonds is 5. The van der Waals surface area contributed by atoms with Crippen molar-refractivity contribution in [3.63, 3.8) is 0 Å². The van der Waals surface area contributed by atoms with Crippen LogP contribution in [-0.2, 0) is 0 Å². The lowest BCUT2D eigenvalue weighted by molar-refractivity contribution is 0.441. The number of allylic oxidation sites excluding steroid dienone is 2. The highest BCUT2D eigenvalue weighted by Gasteiger charge is 1.90. The van der Waals surface area contributed by atoms with Crippen LogP contribution in [0.25, 0.3) is 5.57 Å². The van der Waals surface area contributed by atoms with E-state index in [2.05, 4.69) is 37.7 Å². The van der Waals surface area contributed by atoms with Gasteiger partial charge in [0.1, 0.15) is 5.75 Å². The molecule has 0 fully saturated rings. The number of benzene rings is 1. The molecule has 0 amide bonds. The van der Waals surface area contributed by atoms with Crippen molar-refractivity contribution in [1.29, 1.82) is 0 Å². The Hall–Kier alpha value is -1.70. The van der Waals surface area contributed by atoms with E-state index in [-0.39, 0.29) is 0 Å². The van der Waals surface area contributed by atoms with Crippen LogP contribution in [0.1, 0.15) is 39.2 Å². The number of phenols is 1. The zero-order chi connectivity index (χ0) is 14.7. The summed E-state index contributed by atoms with van der Waals surface area (Å²) in [5.74, 6) is 0.296. The van der Waals surface area contributed by atoms with Gasteiger partial charge < -0.3 is 10.0 Å². The van der Waals surface area contributed by atoms with E-state index in [4.69, 9.17) is 5.11 Å². The number of phenolic OH excluding ortho intramolecular Hbond substituents is 1. The van der Waals surface area contributed by atoms with Crippen molar-refractivity contribution in [2.45, 2.75) is 33.6 Å². The summed E-state index contributed by atoms with van der Waals surface area (Å²) in [6, 6.07) is 7.00. The summed E-state index contributed by atoms with van der Waals surface area (Å²) < 4.78 is 0. The summed E-state index contributed by atoms with van der Waals surface area (Å²) >= 11 is 0. The van der Waals surface area contributed by atoms with Crippen LogP contribution in [0, 0.1) is 0 Å². The molecule has 0 aliphatic rings. The molecule has 0 atom stereocenters. The van der Waals surface area contributed by atoms with Crippen LogP contribution < -0.4 is 0 Å². The fourth-order valence-corrected chi connectivity index (χ4v) is 1.48. The highest BCUT2D eigenvalue weighted by atomic mass is 16.3. The van der Waals surface area contributed by atoms with Crippen molar-refractivity contribution in [3.05, 3.63) is 48.7 Å². The molecule has 2 nitrogen and oxygen atoms in total. The topological polar surface area (TPSA) is 23.5 Å². The van der Waals surface area contributed by atoms with Gasteiger partial charge in [0.15, 0.2) is 0 Å². The second-order valence-electron chi connectivity index (χ2n) is 4.64. The second kappa shape index (κ2) is 10.2. The molecule has 0 heterocycles. The van der Waals surface area contributed by atoms with Crippen molar-refractivity contribution in [3.8, 4) is 5.75 Å². The number of hydrogen-bond acceptors (Lipinski definition) is 2. The molecule has 0 aliphatic heterocycles. The Kier molecular flexibility index (Phi) is 9.33. The van der Waals surface area contributed by atoms with E-state index in [1.165, 1.54) is 19.4 Å². The van der Waals surface area contributed by atoms with Gasteiger partial charge in [0.05, 0.1) is 0 Å². The third-order valence-corrected chi connectivity index (χ3v) is 2.63. The maximum absolute atomic E-state index is 8.91. The molecule has 0 aliphatic carbocycles. The van der Waals surface area contributed by atoms with Crippen LogP contribution in [-0.4, -0.2) is 23.6 Å². The van der Waals surface area contributed by atoms with E-state index >= 15 is 0 Å². The van der Waals surface area contributed by atoms with Gasteiger partial charge in [0.25, 0.3) is 0 Å². The molecule has 0 aromatic heterocycles. The Labute approximate surface area is 118 Å². The first-order valence-corrected chi connectivity index (χ1v) is 6.79. The third kappa shape index (κ3) is 8.95. The average Bonchev–Trinajstić information content (AvgIpc) is 2.38. The summed E-state index contributed by atoms with van der Waals surface area (Å²) in [7, 11) is 2.11. The van der Waals surface area contributed by atoms with Crippen molar-refractivity contribution in [2.24, 2.45) is 0 Å². The van der Waals surface area contributed by atoms with E-state index in [0.717, 1.165) is 11.1 Å². The predicted molar refractivity (Wildman–Crippen MR) is 85.2 cm³/mol. The van der Waals surface area contributed by atoms with Gasteiger partial charge in [-0.2, -0.15) is 0 Å². The molecule has 0 radical (unpaired) electrons. The molecule has 1 rings (SSSR count). The molecule has 0 saturated heterocycles. The van der Waals surface area contributed by atoms with Crippen molar-refractivity contribution in [1.82, 2.24) is 4.90 Å². The standard InChI is InChI=1S/C9H10O.C8H17N/c1-7(2)8-3-5-9(10)6-4-8;1-4-6-8-9(3)7-5-2/h3-6,10H,1H2,2H3;5,7H,4,6,8H2,1-3H3/b;7-5-. The molecule has 1 N–H and O–H groups in total. The number of hydrogen-bond donors (Lipinski definition) is 1. The lowest BCUT2D eigenvalue weighted by Crippen LogP contribution is -2.11. The smallest absolute Gasteiger partial charge is 0.115 e. The molecule has 1 aromatic carbocycles. The van der Waals surface area contributed by atoms with E-state index in [9.17, 15) is 0 Å². The van der Waals surface area contributed by atoms with E-state index in [1.54, 1.807) is 12.1 Å². The summed E-state index contributed by atoms with van der Waals surface area (Å²) in [4.78, 5) is 2.21. The highest BCUT2D eigenvalue weighted by molar-refractivity contribution is 5.61. The van der Waals surface area contributed by atoms with E-state index in [1.807, 2.05) is 26.0 Å². The minimum Gasteiger partial charge on any atom is -0.508 e. The SMILES string of the molecule is C/C=C\N(C)CCCC.C=C(C)c1ccc(O)cc1. The Morgan fingerprint density at radius 2 is 1.89 bits per heavy atom. The first kappa shape index (κ1) is 17.3. The Bertz CT molecular complexity index is 379. The Balaban J connectivity index is 0.000000344. The molecule has 0 unspecified atom stereocenters. The molecule has 19 heavy (non-hydrogen) atoms. The third-order valence-electron chi connectivity index (χ3n) is 2.63. The molecule has 2 heteroatoms. The first-order valence-electron chi connectivity index (χ1n) is 6.79. The van der Waals surface area contributed by atoms with Crippen LogP contribution in [0.3, 0.4) is 0 Å². The maximum atomic E-state index is 8.91. The van der Waals surface area contributed by atoms with Crippen LogP contribution in [0.15, 0.2) is 43.1 Å². The van der Waals surface area contributed by atoms with E-state index < -0.39 is 0 Å². The van der Waals surface area contributed by atoms with Gasteiger partial charge in [-0.15, -0.1) is 0 Å². The van der Waals surface area contributed by atoms with Gasteiger partial charge in [0, 0.05) is 13.6 Å². The second-order valence-corrected chi connectivity index (χ2v) is 4.64. The van der Waals surface area contributed by atoms with Crippen LogP contribution in [0.4, 0.5) is 0 Å². The monoisotopic (exact) mass is 261 g/mol. The number of nitrogens with zero attached hydrogens (tertiary/aromatic N) is 1. The van der Waals surface area contributed by atoms with Gasteiger partial charge in [-0.1, -0.05) is 43.7 Å². The minimum absolute atomic E-state index is 0.296. The van der Waals surface area contributed by atoms with Crippen molar-refractivity contribution < 1.29 is 5.11 Å². The Morgan fingerprint density at radius 1 is 1.32 bits per heavy atom. The lowest BCUT2D eigenvalue weighted by atomic mass is 10.1. The minimum atomic E-state index is 0.296. The average molecular weight is 261 g/mol. The van der Waals surface area contributed by atoms with Crippen molar-refractivity contribution >= 4 is 5.57 Å². The molecule has 1 aromatic rings. The van der Waals surface area contributed by atoms with Crippen LogP contribution in [0.2, 0.25) is 0 Å². The Morgan fingerprint density at radius 3 is 2.32 bits per heavy atom. The summed E-state index contributed by atoms with van der Waals surface area (Å²) in [5, 5.41) is 8.91. The fourth-order valence-electron chi connectivity index (χ4n) is 1.48. The number of unbranched alkanes of at least 4 members (excludes halogenated alkanes) is 1. The van der Waals surface area contributed by atoms with E-state index in [0.29, 0.717) is 5.75 Å². The molecule has 106 valence electrons. The predicted octanol–water partition coefficient (Wildman–Crippen LogP) is 4.68. The fraction of sp³-hybridized carbons (Fsp3) is 0.412. The van der Waals surface area contributed by atoms with Gasteiger partial charge in [-0.3, -0.25) is 0 Å². The number of aromatic hydroxyl groups is 1. The summed E-state index contributed by atoms with van der Waals surface area (Å²) in [6.45, 7) is 11.1. The van der Waals surface area contributed by atoms with Crippen LogP contribution in [0.5, 0.6) is 5.75 Å². The highest BCUT2D eigenvalue weighted by Crippen LogP contribution is 2.14. The van der Waals surface area contributed by atoms with Gasteiger partial charge >= 0.3 is 0 Å². The summed E-state index contributed by atoms with van der Waals surface area (Å²) in [5.41, 5.74) is 2.08. The quantitative estimate of drug-likeness (QED) is 0.832. The largest absolute Gasteiger partial charge is 0.508 e. The zero-order valence-electron chi connectivity index (χ0n) is 12.7. The van der Waals surface area contributed by atoms with Gasteiger partial charge in [0.2, 0.25) is 0 Å². The normalized spacial score (nSPS) is 9.89. The maximum Gasteiger partial charge on any atom is 0.115 e. The molecular formula is C17H27NO. The zero-order valence-corrected chi connectivity index (χ0v) is 12.7. The van der Waals surface area contributed by atoms with Gasteiger partial charge in [-0.25, -0.2) is 0 Å². The first-order chi connectivity index (χ1) is 9.01.